The molecule has 5 nitrogen and oxygen atoms in total. The molecule has 2 N–H and O–H groups in total. The number of urea groups is 1. The predicted molar refractivity (Wildman–Crippen MR) is 91.1 cm³/mol. The second-order valence-electron chi connectivity index (χ2n) is 5.99. The van der Waals surface area contributed by atoms with E-state index in [2.05, 4.69) is 20.5 Å². The second kappa shape index (κ2) is 7.88. The molecular formula is C18H21FN4O. The molecule has 1 saturated heterocycles. The first kappa shape index (κ1) is 16.4. The Hall–Kier alpha value is -2.47. The first-order valence-corrected chi connectivity index (χ1v) is 8.14. The summed E-state index contributed by atoms with van der Waals surface area (Å²) in [5.74, 6) is 0.337. The molecule has 0 spiro atoms. The van der Waals surface area contributed by atoms with Crippen molar-refractivity contribution in [1.29, 1.82) is 0 Å². The van der Waals surface area contributed by atoms with Crippen molar-refractivity contribution >= 4 is 11.8 Å². The van der Waals surface area contributed by atoms with E-state index in [4.69, 9.17) is 0 Å². The largest absolute Gasteiger partial charge is 0.335 e. The van der Waals surface area contributed by atoms with E-state index < -0.39 is 0 Å². The number of carbonyl (C=O) groups is 1. The summed E-state index contributed by atoms with van der Waals surface area (Å²) < 4.78 is 12.9. The Morgan fingerprint density at radius 3 is 2.58 bits per heavy atom. The number of amides is 2. The van der Waals surface area contributed by atoms with Crippen LogP contribution in [0, 0.1) is 5.82 Å². The third kappa shape index (κ3) is 4.76. The highest BCUT2D eigenvalue weighted by atomic mass is 19.1. The normalized spacial score (nSPS) is 15.9. The number of carbonyl (C=O) groups excluding carboxylic acids is 1. The maximum Gasteiger partial charge on any atom is 0.320 e. The van der Waals surface area contributed by atoms with Gasteiger partial charge < -0.3 is 5.32 Å². The molecular weight excluding hydrogens is 307 g/mol. The number of hydrogen-bond donors (Lipinski definition) is 2. The number of likely N-dealkylation sites (tertiary alicyclic amines) is 1. The minimum absolute atomic E-state index is 0.165. The zero-order chi connectivity index (χ0) is 16.8. The molecule has 3 rings (SSSR count). The quantitative estimate of drug-likeness (QED) is 0.907. The van der Waals surface area contributed by atoms with E-state index in [-0.39, 0.29) is 17.9 Å². The van der Waals surface area contributed by atoms with Crippen LogP contribution in [0.15, 0.2) is 48.7 Å². The van der Waals surface area contributed by atoms with Crippen molar-refractivity contribution in [2.45, 2.75) is 25.4 Å². The van der Waals surface area contributed by atoms with Crippen LogP contribution in [0.2, 0.25) is 0 Å². The maximum absolute atomic E-state index is 12.9. The molecule has 24 heavy (non-hydrogen) atoms. The monoisotopic (exact) mass is 328 g/mol. The number of halogens is 1. The molecule has 1 aromatic carbocycles. The van der Waals surface area contributed by atoms with Crippen LogP contribution in [0.5, 0.6) is 0 Å². The van der Waals surface area contributed by atoms with E-state index >= 15 is 0 Å². The molecule has 0 saturated carbocycles. The van der Waals surface area contributed by atoms with E-state index in [1.54, 1.807) is 18.3 Å². The summed E-state index contributed by atoms with van der Waals surface area (Å²) in [5.41, 5.74) is 1.11. The second-order valence-corrected chi connectivity index (χ2v) is 5.99. The van der Waals surface area contributed by atoms with E-state index in [9.17, 15) is 9.18 Å². The highest BCUT2D eigenvalue weighted by Gasteiger charge is 2.20. The van der Waals surface area contributed by atoms with Crippen LogP contribution in [0.25, 0.3) is 0 Å². The lowest BCUT2D eigenvalue weighted by Crippen LogP contribution is -2.45. The van der Waals surface area contributed by atoms with Gasteiger partial charge >= 0.3 is 6.03 Å². The molecule has 1 aromatic heterocycles. The summed E-state index contributed by atoms with van der Waals surface area (Å²) in [5, 5.41) is 5.73. The van der Waals surface area contributed by atoms with Crippen LogP contribution in [-0.2, 0) is 6.54 Å². The number of pyridine rings is 1. The predicted octanol–water partition coefficient (Wildman–Crippen LogP) is 3.01. The van der Waals surface area contributed by atoms with E-state index in [1.165, 1.54) is 12.1 Å². The number of anilines is 1. The molecule has 2 amide bonds. The van der Waals surface area contributed by atoms with Crippen molar-refractivity contribution in [3.63, 3.8) is 0 Å². The smallest absolute Gasteiger partial charge is 0.320 e. The lowest BCUT2D eigenvalue weighted by Gasteiger charge is -2.32. The number of aromatic nitrogens is 1. The fourth-order valence-corrected chi connectivity index (χ4v) is 2.86. The van der Waals surface area contributed by atoms with Gasteiger partial charge in [-0.05, 0) is 42.7 Å². The summed E-state index contributed by atoms with van der Waals surface area (Å²) in [6.45, 7) is 2.63. The third-order valence-corrected chi connectivity index (χ3v) is 4.15. The van der Waals surface area contributed by atoms with Crippen molar-refractivity contribution in [1.82, 2.24) is 15.2 Å². The SMILES string of the molecule is O=C(Nc1ccccn1)NC1CCN(Cc2ccc(F)cc2)CC1. The topological polar surface area (TPSA) is 57.3 Å². The van der Waals surface area contributed by atoms with Gasteiger partial charge in [-0.15, -0.1) is 0 Å². The number of benzene rings is 1. The molecule has 0 aliphatic carbocycles. The first-order chi connectivity index (χ1) is 11.7. The minimum Gasteiger partial charge on any atom is -0.335 e. The number of hydrogen-bond acceptors (Lipinski definition) is 3. The first-order valence-electron chi connectivity index (χ1n) is 8.14. The number of rotatable bonds is 4. The van der Waals surface area contributed by atoms with Crippen LogP contribution in [0.3, 0.4) is 0 Å². The molecule has 6 heteroatoms. The van der Waals surface area contributed by atoms with Gasteiger partial charge in [-0.3, -0.25) is 10.2 Å². The molecule has 1 aliphatic rings. The summed E-state index contributed by atoms with van der Waals surface area (Å²) in [4.78, 5) is 18.4. The van der Waals surface area contributed by atoms with Crippen molar-refractivity contribution in [2.24, 2.45) is 0 Å². The van der Waals surface area contributed by atoms with Gasteiger partial charge in [0.1, 0.15) is 11.6 Å². The molecule has 0 atom stereocenters. The number of piperidine rings is 1. The van der Waals surface area contributed by atoms with Gasteiger partial charge in [-0.25, -0.2) is 14.2 Å². The van der Waals surface area contributed by atoms with Gasteiger partial charge in [-0.2, -0.15) is 0 Å². The molecule has 0 unspecified atom stereocenters. The summed E-state index contributed by atoms with van der Waals surface area (Å²) in [7, 11) is 0. The van der Waals surface area contributed by atoms with Crippen LogP contribution < -0.4 is 10.6 Å². The fourth-order valence-electron chi connectivity index (χ4n) is 2.86. The van der Waals surface area contributed by atoms with Crippen LogP contribution in [-0.4, -0.2) is 35.0 Å². The summed E-state index contributed by atoms with van der Waals surface area (Å²) in [6.07, 6.45) is 3.44. The average Bonchev–Trinajstić information content (AvgIpc) is 2.59. The van der Waals surface area contributed by atoms with Gasteiger partial charge in [0.2, 0.25) is 0 Å². The molecule has 0 radical (unpaired) electrons. The summed E-state index contributed by atoms with van der Waals surface area (Å²) in [6, 6.07) is 12.0. The Balaban J connectivity index is 1.41. The lowest BCUT2D eigenvalue weighted by atomic mass is 10.0. The van der Waals surface area contributed by atoms with E-state index in [1.807, 2.05) is 18.2 Å². The fraction of sp³-hybridized carbons (Fsp3) is 0.333. The number of nitrogens with zero attached hydrogens (tertiary/aromatic N) is 2. The van der Waals surface area contributed by atoms with Crippen molar-refractivity contribution in [2.75, 3.05) is 18.4 Å². The third-order valence-electron chi connectivity index (χ3n) is 4.15. The highest BCUT2D eigenvalue weighted by molar-refractivity contribution is 5.88. The van der Waals surface area contributed by atoms with Crippen LogP contribution >= 0.6 is 0 Å². The lowest BCUT2D eigenvalue weighted by molar-refractivity contribution is 0.190. The molecule has 0 bridgehead atoms. The van der Waals surface area contributed by atoms with Gasteiger partial charge in [0.15, 0.2) is 0 Å². The van der Waals surface area contributed by atoms with Gasteiger partial charge in [0.05, 0.1) is 0 Å². The van der Waals surface area contributed by atoms with Gasteiger partial charge in [0.25, 0.3) is 0 Å². The standard InChI is InChI=1S/C18H21FN4O/c19-15-6-4-14(5-7-15)13-23-11-8-16(9-12-23)21-18(24)22-17-3-1-2-10-20-17/h1-7,10,16H,8-9,11-13H2,(H2,20,21,22,24). The van der Waals surface area contributed by atoms with Gasteiger partial charge in [0, 0.05) is 31.9 Å². The Kier molecular flexibility index (Phi) is 5.38. The molecule has 1 aliphatic heterocycles. The molecule has 126 valence electrons. The van der Waals surface area contributed by atoms with Gasteiger partial charge in [-0.1, -0.05) is 18.2 Å². The van der Waals surface area contributed by atoms with E-state index in [0.717, 1.165) is 38.0 Å². The molecule has 2 aromatic rings. The minimum atomic E-state index is -0.217. The zero-order valence-electron chi connectivity index (χ0n) is 13.4. The average molecular weight is 328 g/mol. The molecule has 1 fully saturated rings. The highest BCUT2D eigenvalue weighted by Crippen LogP contribution is 2.14. The summed E-state index contributed by atoms with van der Waals surface area (Å²) >= 11 is 0. The van der Waals surface area contributed by atoms with Crippen molar-refractivity contribution in [3.05, 3.63) is 60.0 Å². The Bertz CT molecular complexity index is 654. The van der Waals surface area contributed by atoms with E-state index in [0.29, 0.717) is 5.82 Å². The Morgan fingerprint density at radius 2 is 1.92 bits per heavy atom. The Labute approximate surface area is 140 Å². The van der Waals surface area contributed by atoms with Crippen LogP contribution in [0.1, 0.15) is 18.4 Å². The van der Waals surface area contributed by atoms with Crippen LogP contribution in [0.4, 0.5) is 15.0 Å². The van der Waals surface area contributed by atoms with Crippen molar-refractivity contribution < 1.29 is 9.18 Å². The maximum atomic E-state index is 12.9. The zero-order valence-corrected chi connectivity index (χ0v) is 13.4. The van der Waals surface area contributed by atoms with Crippen molar-refractivity contribution in [3.8, 4) is 0 Å². The number of nitrogens with one attached hydrogen (secondary N) is 2. The Morgan fingerprint density at radius 1 is 1.17 bits per heavy atom. The molecule has 2 heterocycles.